The summed E-state index contributed by atoms with van der Waals surface area (Å²) in [6, 6.07) is 10.8. The molecule has 0 saturated heterocycles. The van der Waals surface area contributed by atoms with Crippen LogP contribution in [-0.4, -0.2) is 0 Å². The Morgan fingerprint density at radius 1 is 0.889 bits per heavy atom. The van der Waals surface area contributed by atoms with E-state index in [2.05, 4.69) is 65.0 Å². The van der Waals surface area contributed by atoms with Crippen LogP contribution in [-0.2, 0) is 26.2 Å². The standard InChI is InChI=1S/C8H11.C7H9.2ClH.Zr/c1-6-4-7(2)8(3)5-6;1-6-3-4-7(2)5-6;;;/h4-5H,1-3H3;3-5H,1-2H3;2*1H;/q2*-1;;;+4/p-2. The van der Waals surface area contributed by atoms with Crippen LogP contribution < -0.4 is 24.8 Å². The number of rotatable bonds is 0. The van der Waals surface area contributed by atoms with Gasteiger partial charge in [-0.25, -0.2) is 23.3 Å². The summed E-state index contributed by atoms with van der Waals surface area (Å²) in [5, 5.41) is 0. The van der Waals surface area contributed by atoms with Gasteiger partial charge in [0, 0.05) is 0 Å². The van der Waals surface area contributed by atoms with Gasteiger partial charge in [0.25, 0.3) is 0 Å². The van der Waals surface area contributed by atoms with Crippen LogP contribution >= 0.6 is 0 Å². The molecule has 0 amide bonds. The summed E-state index contributed by atoms with van der Waals surface area (Å²) in [6.07, 6.45) is 0. The van der Waals surface area contributed by atoms with Gasteiger partial charge in [0.05, 0.1) is 0 Å². The average Bonchev–Trinajstić information content (AvgIpc) is 2.61. The third-order valence-corrected chi connectivity index (χ3v) is 2.57. The van der Waals surface area contributed by atoms with E-state index in [4.69, 9.17) is 0 Å². The first-order valence-electron chi connectivity index (χ1n) is 5.39. The number of hydrogen-bond donors (Lipinski definition) is 0. The van der Waals surface area contributed by atoms with Crippen molar-refractivity contribution in [3.63, 3.8) is 0 Å². The Bertz CT molecular complexity index is 391. The third-order valence-electron chi connectivity index (χ3n) is 2.57. The largest absolute Gasteiger partial charge is 4.00 e. The zero-order valence-electron chi connectivity index (χ0n) is 11.6. The van der Waals surface area contributed by atoms with E-state index < -0.39 is 0 Å². The van der Waals surface area contributed by atoms with Gasteiger partial charge in [-0.2, -0.15) is 34.9 Å². The number of halogens is 2. The van der Waals surface area contributed by atoms with Crippen molar-refractivity contribution in [2.75, 3.05) is 0 Å². The van der Waals surface area contributed by atoms with E-state index in [1.165, 1.54) is 27.8 Å². The molecular formula is C15H20Cl2Zr. The minimum atomic E-state index is 0. The Hall–Kier alpha value is 0.163. The smallest absolute Gasteiger partial charge is 1.00 e. The van der Waals surface area contributed by atoms with Gasteiger partial charge in [-0.3, -0.25) is 0 Å². The molecule has 0 aromatic heterocycles. The molecule has 0 unspecified atom stereocenters. The molecule has 3 heteroatoms. The molecule has 0 nitrogen and oxygen atoms in total. The predicted octanol–water partition coefficient (Wildman–Crippen LogP) is -1.64. The summed E-state index contributed by atoms with van der Waals surface area (Å²) in [6.45, 7) is 10.6. The van der Waals surface area contributed by atoms with E-state index in [0.29, 0.717) is 0 Å². The minimum Gasteiger partial charge on any atom is -1.00 e. The van der Waals surface area contributed by atoms with Crippen molar-refractivity contribution >= 4 is 0 Å². The first-order valence-corrected chi connectivity index (χ1v) is 5.39. The predicted molar refractivity (Wildman–Crippen MR) is 67.8 cm³/mol. The molecule has 2 aromatic carbocycles. The molecule has 0 saturated carbocycles. The summed E-state index contributed by atoms with van der Waals surface area (Å²) >= 11 is 0. The van der Waals surface area contributed by atoms with Gasteiger partial charge in [0.2, 0.25) is 0 Å². The molecule has 0 aliphatic rings. The monoisotopic (exact) mass is 360 g/mol. The molecular weight excluding hydrogens is 342 g/mol. The fourth-order valence-electron chi connectivity index (χ4n) is 1.67. The quantitative estimate of drug-likeness (QED) is 0.493. The first-order chi connectivity index (χ1) is 6.99. The molecule has 0 aliphatic carbocycles. The topological polar surface area (TPSA) is 0 Å². The van der Waals surface area contributed by atoms with Gasteiger partial charge in [-0.05, 0) is 0 Å². The molecule has 0 fully saturated rings. The van der Waals surface area contributed by atoms with Crippen LogP contribution in [0.25, 0.3) is 0 Å². The van der Waals surface area contributed by atoms with Crippen molar-refractivity contribution in [3.8, 4) is 0 Å². The molecule has 2 aromatic rings. The Morgan fingerprint density at radius 3 is 1.56 bits per heavy atom. The minimum absolute atomic E-state index is 0. The Balaban J connectivity index is -0.000000215. The van der Waals surface area contributed by atoms with Crippen LogP contribution in [0.1, 0.15) is 27.8 Å². The maximum absolute atomic E-state index is 2.20. The zero-order chi connectivity index (χ0) is 11.4. The normalized spacial score (nSPS) is 8.06. The maximum atomic E-state index is 2.20. The van der Waals surface area contributed by atoms with Crippen molar-refractivity contribution in [2.45, 2.75) is 34.6 Å². The summed E-state index contributed by atoms with van der Waals surface area (Å²) in [7, 11) is 0. The van der Waals surface area contributed by atoms with E-state index in [0.717, 1.165) is 0 Å². The van der Waals surface area contributed by atoms with Crippen LogP contribution in [0.2, 0.25) is 0 Å². The summed E-state index contributed by atoms with van der Waals surface area (Å²) in [4.78, 5) is 0. The molecule has 0 spiro atoms. The van der Waals surface area contributed by atoms with E-state index in [1.807, 2.05) is 0 Å². The average molecular weight is 362 g/mol. The molecule has 0 N–H and O–H groups in total. The van der Waals surface area contributed by atoms with Crippen LogP contribution in [0.15, 0.2) is 30.3 Å². The van der Waals surface area contributed by atoms with Crippen molar-refractivity contribution in [1.29, 1.82) is 0 Å². The second-order valence-electron chi connectivity index (χ2n) is 4.36. The van der Waals surface area contributed by atoms with Gasteiger partial charge in [-0.15, -0.1) is 0 Å². The molecule has 0 aliphatic heterocycles. The van der Waals surface area contributed by atoms with Gasteiger partial charge in [-0.1, -0.05) is 34.6 Å². The van der Waals surface area contributed by atoms with Crippen LogP contribution in [0.4, 0.5) is 0 Å². The summed E-state index contributed by atoms with van der Waals surface area (Å²) < 4.78 is 0. The second-order valence-corrected chi connectivity index (χ2v) is 4.36. The van der Waals surface area contributed by atoms with E-state index >= 15 is 0 Å². The van der Waals surface area contributed by atoms with E-state index in [9.17, 15) is 0 Å². The summed E-state index contributed by atoms with van der Waals surface area (Å²) in [5.41, 5.74) is 6.90. The Kier molecular flexibility index (Phi) is 14.3. The molecule has 18 heavy (non-hydrogen) atoms. The molecule has 0 bridgehead atoms. The SMILES string of the molecule is Cc1cc(C)[c-](C)c1.Cc1cc[c-](C)c1.[Cl-].[Cl-].[Zr+4]. The van der Waals surface area contributed by atoms with Crippen LogP contribution in [0, 0.1) is 34.6 Å². The van der Waals surface area contributed by atoms with E-state index in [1.54, 1.807) is 0 Å². The fraction of sp³-hybridized carbons (Fsp3) is 0.333. The second kappa shape index (κ2) is 11.0. The van der Waals surface area contributed by atoms with Crippen molar-refractivity contribution in [1.82, 2.24) is 0 Å². The van der Waals surface area contributed by atoms with Crippen LogP contribution in [0.3, 0.4) is 0 Å². The number of hydrogen-bond acceptors (Lipinski definition) is 0. The van der Waals surface area contributed by atoms with E-state index in [-0.39, 0.29) is 51.0 Å². The third kappa shape index (κ3) is 8.30. The first kappa shape index (κ1) is 23.3. The maximum Gasteiger partial charge on any atom is 4.00 e. The molecule has 2 rings (SSSR count). The van der Waals surface area contributed by atoms with Gasteiger partial charge in [0.1, 0.15) is 0 Å². The Labute approximate surface area is 143 Å². The zero-order valence-corrected chi connectivity index (χ0v) is 15.6. The molecule has 98 valence electrons. The van der Waals surface area contributed by atoms with Crippen molar-refractivity contribution < 1.29 is 51.0 Å². The van der Waals surface area contributed by atoms with Crippen molar-refractivity contribution in [3.05, 3.63) is 58.1 Å². The summed E-state index contributed by atoms with van der Waals surface area (Å²) in [5.74, 6) is 0. The fourth-order valence-corrected chi connectivity index (χ4v) is 1.67. The van der Waals surface area contributed by atoms with Crippen molar-refractivity contribution in [2.24, 2.45) is 0 Å². The Morgan fingerprint density at radius 2 is 1.44 bits per heavy atom. The van der Waals surface area contributed by atoms with Gasteiger partial charge < -0.3 is 24.8 Å². The number of aryl methyl sites for hydroxylation is 5. The van der Waals surface area contributed by atoms with Crippen LogP contribution in [0.5, 0.6) is 0 Å². The van der Waals surface area contributed by atoms with Gasteiger partial charge >= 0.3 is 26.2 Å². The molecule has 0 atom stereocenters. The molecule has 0 heterocycles. The molecule has 0 radical (unpaired) electrons. The van der Waals surface area contributed by atoms with Gasteiger partial charge in [0.15, 0.2) is 0 Å².